The molecule has 0 bridgehead atoms. The van der Waals surface area contributed by atoms with Gasteiger partial charge in [0.15, 0.2) is 0 Å². The molecule has 0 spiro atoms. The second-order valence-electron chi connectivity index (χ2n) is 3.29. The van der Waals surface area contributed by atoms with Crippen LogP contribution in [0.1, 0.15) is 33.6 Å². The summed E-state index contributed by atoms with van der Waals surface area (Å²) in [7, 11) is 1.94. The van der Waals surface area contributed by atoms with Gasteiger partial charge in [0.05, 0.1) is 26.4 Å². The van der Waals surface area contributed by atoms with Gasteiger partial charge in [0.2, 0.25) is 0 Å². The van der Waals surface area contributed by atoms with Crippen LogP contribution in [0.2, 0.25) is 0 Å². The second kappa shape index (κ2) is 21.2. The third kappa shape index (κ3) is 21.6. The van der Waals surface area contributed by atoms with Gasteiger partial charge in [-0.1, -0.05) is 20.8 Å². The van der Waals surface area contributed by atoms with Gasteiger partial charge in [-0.05, 0) is 26.4 Å². The maximum absolute atomic E-state index is 5.36. The standard InChI is InChI=1S/C11H25NO3.C2H6/c1-3-6-13-8-10-15-11-9-14-7-4-5-12-2;1-2/h12H,3-11H2,1-2H3;1-2H3. The van der Waals surface area contributed by atoms with Crippen molar-refractivity contribution in [3.05, 3.63) is 0 Å². The van der Waals surface area contributed by atoms with Crippen LogP contribution in [0, 0.1) is 0 Å². The first-order chi connectivity index (χ1) is 8.41. The average Bonchev–Trinajstić information content (AvgIpc) is 2.38. The first-order valence-corrected chi connectivity index (χ1v) is 6.79. The van der Waals surface area contributed by atoms with Crippen LogP contribution in [0.25, 0.3) is 0 Å². The van der Waals surface area contributed by atoms with Gasteiger partial charge in [0.1, 0.15) is 0 Å². The SMILES string of the molecule is CC.CCCOCCOCCOCCCNC. The van der Waals surface area contributed by atoms with E-state index in [1.54, 1.807) is 0 Å². The Bertz CT molecular complexity index is 101. The Morgan fingerprint density at radius 1 is 0.765 bits per heavy atom. The number of ether oxygens (including phenoxy) is 3. The van der Waals surface area contributed by atoms with E-state index < -0.39 is 0 Å². The fourth-order valence-electron chi connectivity index (χ4n) is 1.04. The van der Waals surface area contributed by atoms with E-state index in [1.165, 1.54) is 0 Å². The Balaban J connectivity index is 0. The van der Waals surface area contributed by atoms with Crippen molar-refractivity contribution in [2.75, 3.05) is 53.2 Å². The molecular weight excluding hydrogens is 218 g/mol. The molecule has 0 rings (SSSR count). The lowest BCUT2D eigenvalue weighted by molar-refractivity contribution is 0.0144. The Morgan fingerprint density at radius 2 is 1.24 bits per heavy atom. The minimum atomic E-state index is 0.662. The van der Waals surface area contributed by atoms with Gasteiger partial charge < -0.3 is 19.5 Å². The van der Waals surface area contributed by atoms with Crippen LogP contribution in [-0.4, -0.2) is 53.2 Å². The van der Waals surface area contributed by atoms with E-state index in [1.807, 2.05) is 20.9 Å². The summed E-state index contributed by atoms with van der Waals surface area (Å²) in [5, 5.41) is 3.07. The zero-order valence-corrected chi connectivity index (χ0v) is 12.1. The highest BCUT2D eigenvalue weighted by atomic mass is 16.5. The molecule has 0 aromatic rings. The van der Waals surface area contributed by atoms with E-state index in [2.05, 4.69) is 12.2 Å². The first-order valence-electron chi connectivity index (χ1n) is 6.79. The molecule has 0 aromatic carbocycles. The van der Waals surface area contributed by atoms with Crippen molar-refractivity contribution in [3.8, 4) is 0 Å². The highest BCUT2D eigenvalue weighted by molar-refractivity contribution is 4.39. The topological polar surface area (TPSA) is 39.7 Å². The maximum atomic E-state index is 5.36. The van der Waals surface area contributed by atoms with E-state index in [9.17, 15) is 0 Å². The fraction of sp³-hybridized carbons (Fsp3) is 1.00. The van der Waals surface area contributed by atoms with Crippen LogP contribution in [0.4, 0.5) is 0 Å². The summed E-state index contributed by atoms with van der Waals surface area (Å²) in [4.78, 5) is 0. The molecule has 0 aliphatic rings. The summed E-state index contributed by atoms with van der Waals surface area (Å²) in [6.45, 7) is 11.4. The summed E-state index contributed by atoms with van der Waals surface area (Å²) in [5.41, 5.74) is 0. The summed E-state index contributed by atoms with van der Waals surface area (Å²) in [6, 6.07) is 0. The van der Waals surface area contributed by atoms with Crippen molar-refractivity contribution in [1.29, 1.82) is 0 Å². The minimum absolute atomic E-state index is 0.662. The molecule has 106 valence electrons. The van der Waals surface area contributed by atoms with Gasteiger partial charge >= 0.3 is 0 Å². The van der Waals surface area contributed by atoms with Crippen LogP contribution in [0.5, 0.6) is 0 Å². The van der Waals surface area contributed by atoms with Gasteiger partial charge in [0.25, 0.3) is 0 Å². The molecule has 0 fully saturated rings. The normalized spacial score (nSPS) is 9.88. The zero-order valence-electron chi connectivity index (χ0n) is 12.1. The van der Waals surface area contributed by atoms with Crippen molar-refractivity contribution < 1.29 is 14.2 Å². The van der Waals surface area contributed by atoms with Crippen LogP contribution in [0.15, 0.2) is 0 Å². The third-order valence-electron chi connectivity index (χ3n) is 1.81. The van der Waals surface area contributed by atoms with Crippen molar-refractivity contribution in [1.82, 2.24) is 5.32 Å². The van der Waals surface area contributed by atoms with Crippen molar-refractivity contribution in [2.45, 2.75) is 33.6 Å². The van der Waals surface area contributed by atoms with Gasteiger partial charge in [-0.3, -0.25) is 0 Å². The molecule has 0 aliphatic carbocycles. The molecule has 0 aromatic heterocycles. The molecule has 0 atom stereocenters. The van der Waals surface area contributed by atoms with Crippen LogP contribution >= 0.6 is 0 Å². The number of nitrogens with one attached hydrogen (secondary N) is 1. The molecule has 0 heterocycles. The Labute approximate surface area is 107 Å². The average molecular weight is 249 g/mol. The molecule has 4 nitrogen and oxygen atoms in total. The minimum Gasteiger partial charge on any atom is -0.379 e. The maximum Gasteiger partial charge on any atom is 0.0701 e. The third-order valence-corrected chi connectivity index (χ3v) is 1.81. The van der Waals surface area contributed by atoms with Gasteiger partial charge in [-0.15, -0.1) is 0 Å². The number of rotatable bonds is 12. The summed E-state index contributed by atoms with van der Waals surface area (Å²) < 4.78 is 15.9. The molecule has 0 amide bonds. The highest BCUT2D eigenvalue weighted by Crippen LogP contribution is 1.84. The molecule has 0 radical (unpaired) electrons. The molecule has 0 aliphatic heterocycles. The van der Waals surface area contributed by atoms with E-state index in [4.69, 9.17) is 14.2 Å². The van der Waals surface area contributed by atoms with Crippen LogP contribution in [0.3, 0.4) is 0 Å². The van der Waals surface area contributed by atoms with E-state index in [0.717, 1.165) is 32.6 Å². The molecule has 0 unspecified atom stereocenters. The first kappa shape index (κ1) is 19.2. The lowest BCUT2D eigenvalue weighted by Crippen LogP contribution is -2.13. The Morgan fingerprint density at radius 3 is 1.71 bits per heavy atom. The van der Waals surface area contributed by atoms with Gasteiger partial charge in [0, 0.05) is 13.2 Å². The number of hydrogen-bond acceptors (Lipinski definition) is 4. The van der Waals surface area contributed by atoms with E-state index >= 15 is 0 Å². The highest BCUT2D eigenvalue weighted by Gasteiger charge is 1.90. The van der Waals surface area contributed by atoms with E-state index in [0.29, 0.717) is 26.4 Å². The monoisotopic (exact) mass is 249 g/mol. The predicted molar refractivity (Wildman–Crippen MR) is 72.6 cm³/mol. The van der Waals surface area contributed by atoms with Crippen molar-refractivity contribution >= 4 is 0 Å². The molecule has 1 N–H and O–H groups in total. The zero-order chi connectivity index (χ0) is 13.2. The molecular formula is C13H31NO3. The predicted octanol–water partition coefficient (Wildman–Crippen LogP) is 2.08. The number of hydrogen-bond donors (Lipinski definition) is 1. The molecule has 17 heavy (non-hydrogen) atoms. The summed E-state index contributed by atoms with van der Waals surface area (Å²) in [5.74, 6) is 0. The van der Waals surface area contributed by atoms with Gasteiger partial charge in [-0.25, -0.2) is 0 Å². The second-order valence-corrected chi connectivity index (χ2v) is 3.29. The molecule has 0 saturated heterocycles. The van der Waals surface area contributed by atoms with Crippen molar-refractivity contribution in [3.63, 3.8) is 0 Å². The molecule has 0 saturated carbocycles. The largest absolute Gasteiger partial charge is 0.379 e. The summed E-state index contributed by atoms with van der Waals surface area (Å²) >= 11 is 0. The van der Waals surface area contributed by atoms with Crippen molar-refractivity contribution in [2.24, 2.45) is 0 Å². The lowest BCUT2D eigenvalue weighted by Gasteiger charge is -2.06. The Kier molecular flexibility index (Phi) is 23.9. The fourth-order valence-corrected chi connectivity index (χ4v) is 1.04. The lowest BCUT2D eigenvalue weighted by atomic mass is 10.4. The summed E-state index contributed by atoms with van der Waals surface area (Å²) in [6.07, 6.45) is 2.12. The quantitative estimate of drug-likeness (QED) is 0.538. The van der Waals surface area contributed by atoms with Crippen LogP contribution < -0.4 is 5.32 Å². The molecule has 4 heteroatoms. The van der Waals surface area contributed by atoms with Crippen LogP contribution in [-0.2, 0) is 14.2 Å². The van der Waals surface area contributed by atoms with Gasteiger partial charge in [-0.2, -0.15) is 0 Å². The smallest absolute Gasteiger partial charge is 0.0701 e. The van der Waals surface area contributed by atoms with E-state index in [-0.39, 0.29) is 0 Å². The Hall–Kier alpha value is -0.160.